The summed E-state index contributed by atoms with van der Waals surface area (Å²) in [6.45, 7) is 5.00. The molecule has 0 saturated carbocycles. The minimum absolute atomic E-state index is 0.0511. The molecule has 0 spiro atoms. The van der Waals surface area contributed by atoms with Crippen molar-refractivity contribution in [1.82, 2.24) is 19.7 Å². The second-order valence-corrected chi connectivity index (χ2v) is 9.22. The Balaban J connectivity index is 1.59. The van der Waals surface area contributed by atoms with Crippen LogP contribution in [0.2, 0.25) is 0 Å². The Morgan fingerprint density at radius 1 is 1.17 bits per heavy atom. The fourth-order valence-electron chi connectivity index (χ4n) is 3.96. The summed E-state index contributed by atoms with van der Waals surface area (Å²) in [6.07, 6.45) is 1.41. The molecule has 0 unspecified atom stereocenters. The third-order valence-electron chi connectivity index (χ3n) is 5.42. The van der Waals surface area contributed by atoms with E-state index in [-0.39, 0.29) is 33.7 Å². The van der Waals surface area contributed by atoms with E-state index in [1.54, 1.807) is 16.8 Å². The summed E-state index contributed by atoms with van der Waals surface area (Å²) in [5.74, 6) is -0.329. The number of carbonyl (C=O) groups is 1. The lowest BCUT2D eigenvalue weighted by atomic mass is 10.2. The second kappa shape index (κ2) is 9.00. The van der Waals surface area contributed by atoms with Crippen molar-refractivity contribution in [2.45, 2.75) is 26.1 Å². The number of fused-ring (bicyclic) bond motifs is 1. The van der Waals surface area contributed by atoms with Gasteiger partial charge >= 0.3 is 5.00 Å². The molecule has 11 nitrogen and oxygen atoms in total. The van der Waals surface area contributed by atoms with E-state index in [0.717, 1.165) is 11.3 Å². The highest BCUT2D eigenvalue weighted by Crippen LogP contribution is 2.29. The van der Waals surface area contributed by atoms with Crippen molar-refractivity contribution in [3.05, 3.63) is 63.4 Å². The Hall–Kier alpha value is -3.97. The number of nitrogens with zero attached hydrogens (tertiary/aromatic N) is 6. The summed E-state index contributed by atoms with van der Waals surface area (Å²) in [4.78, 5) is 34.8. The number of rotatable bonds is 5. The van der Waals surface area contributed by atoms with Crippen LogP contribution in [0.3, 0.4) is 0 Å². The molecule has 1 fully saturated rings. The maximum Gasteiger partial charge on any atom is 0.324 e. The van der Waals surface area contributed by atoms with E-state index in [1.165, 1.54) is 30.5 Å². The van der Waals surface area contributed by atoms with Gasteiger partial charge in [-0.3, -0.25) is 14.9 Å². The van der Waals surface area contributed by atoms with Gasteiger partial charge in [0.05, 0.1) is 39.3 Å². The highest BCUT2D eigenvalue weighted by Gasteiger charge is 2.27. The maximum atomic E-state index is 13.5. The van der Waals surface area contributed by atoms with Gasteiger partial charge in [-0.15, -0.1) is 0 Å². The zero-order chi connectivity index (χ0) is 24.7. The lowest BCUT2D eigenvalue weighted by Crippen LogP contribution is -2.46. The van der Waals surface area contributed by atoms with Gasteiger partial charge in [-0.2, -0.15) is 15.1 Å². The first kappa shape index (κ1) is 22.8. The predicted molar refractivity (Wildman–Crippen MR) is 128 cm³/mol. The summed E-state index contributed by atoms with van der Waals surface area (Å²) in [6, 6.07) is 8.47. The van der Waals surface area contributed by atoms with Crippen LogP contribution in [0.5, 0.6) is 0 Å². The third-order valence-corrected chi connectivity index (χ3v) is 6.45. The molecule has 35 heavy (non-hydrogen) atoms. The van der Waals surface area contributed by atoms with Crippen LogP contribution >= 0.6 is 11.3 Å². The highest BCUT2D eigenvalue weighted by molar-refractivity contribution is 7.17. The first-order valence-corrected chi connectivity index (χ1v) is 11.6. The SMILES string of the molecule is C[C@@H]1CN(c2nc(NC(=O)c3ccc([N+](=O)[O-])s3)c3cnn(-c4ccc(F)cc4)c3n2)C[C@H](C)O1. The van der Waals surface area contributed by atoms with Crippen LogP contribution in [0.1, 0.15) is 23.5 Å². The van der Waals surface area contributed by atoms with Gasteiger partial charge in [0.1, 0.15) is 11.6 Å². The molecule has 0 bridgehead atoms. The number of ether oxygens (including phenoxy) is 1. The molecule has 1 aromatic carbocycles. The van der Waals surface area contributed by atoms with Gasteiger partial charge in [0.2, 0.25) is 5.95 Å². The van der Waals surface area contributed by atoms with Gasteiger partial charge in [0, 0.05) is 19.2 Å². The quantitative estimate of drug-likeness (QED) is 0.326. The predicted octanol–water partition coefficient (Wildman–Crippen LogP) is 3.79. The van der Waals surface area contributed by atoms with Gasteiger partial charge in [0.15, 0.2) is 5.65 Å². The molecule has 1 N–H and O–H groups in total. The third kappa shape index (κ3) is 4.55. The fraction of sp³-hybridized carbons (Fsp3) is 0.273. The van der Waals surface area contributed by atoms with Crippen molar-refractivity contribution in [1.29, 1.82) is 0 Å². The second-order valence-electron chi connectivity index (χ2n) is 8.15. The number of carbonyl (C=O) groups excluding carboxylic acids is 1. The molecule has 13 heteroatoms. The van der Waals surface area contributed by atoms with Crippen molar-refractivity contribution in [3.8, 4) is 5.69 Å². The molecule has 1 aliphatic heterocycles. The number of amides is 1. The van der Waals surface area contributed by atoms with E-state index in [0.29, 0.717) is 35.8 Å². The van der Waals surface area contributed by atoms with Gasteiger partial charge in [-0.05, 0) is 44.2 Å². The number of benzene rings is 1. The molecule has 1 amide bonds. The molecule has 0 aliphatic carbocycles. The highest BCUT2D eigenvalue weighted by atomic mass is 32.1. The molecular formula is C22H20FN7O4S. The van der Waals surface area contributed by atoms with E-state index in [2.05, 4.69) is 15.4 Å². The maximum absolute atomic E-state index is 13.5. The molecule has 4 heterocycles. The number of halogens is 1. The van der Waals surface area contributed by atoms with Crippen LogP contribution in [0.15, 0.2) is 42.6 Å². The Morgan fingerprint density at radius 2 is 1.89 bits per heavy atom. The molecule has 1 saturated heterocycles. The lowest BCUT2D eigenvalue weighted by Gasteiger charge is -2.35. The Morgan fingerprint density at radius 3 is 2.54 bits per heavy atom. The number of nitro groups is 1. The number of nitrogens with one attached hydrogen (secondary N) is 1. The smallest absolute Gasteiger partial charge is 0.324 e. The molecular weight excluding hydrogens is 477 g/mol. The van der Waals surface area contributed by atoms with E-state index in [1.807, 2.05) is 18.7 Å². The molecule has 2 atom stereocenters. The van der Waals surface area contributed by atoms with Crippen LogP contribution < -0.4 is 10.2 Å². The van der Waals surface area contributed by atoms with Gasteiger partial charge in [0.25, 0.3) is 5.91 Å². The Kier molecular flexibility index (Phi) is 5.86. The van der Waals surface area contributed by atoms with Crippen molar-refractivity contribution >= 4 is 45.0 Å². The average Bonchev–Trinajstić information content (AvgIpc) is 3.47. The van der Waals surface area contributed by atoms with Crippen LogP contribution in [0, 0.1) is 15.9 Å². The van der Waals surface area contributed by atoms with Crippen molar-refractivity contribution in [2.24, 2.45) is 0 Å². The summed E-state index contributed by atoms with van der Waals surface area (Å²) < 4.78 is 20.8. The number of aromatic nitrogens is 4. The summed E-state index contributed by atoms with van der Waals surface area (Å²) in [5.41, 5.74) is 1.00. The number of thiophene rings is 1. The summed E-state index contributed by atoms with van der Waals surface area (Å²) in [5, 5.41) is 18.5. The lowest BCUT2D eigenvalue weighted by molar-refractivity contribution is -0.380. The molecule has 3 aromatic heterocycles. The van der Waals surface area contributed by atoms with Crippen molar-refractivity contribution in [3.63, 3.8) is 0 Å². The molecule has 5 rings (SSSR count). The minimum Gasteiger partial charge on any atom is -0.372 e. The molecule has 180 valence electrons. The van der Waals surface area contributed by atoms with Crippen LogP contribution in [-0.2, 0) is 4.74 Å². The first-order chi connectivity index (χ1) is 16.8. The van der Waals surface area contributed by atoms with E-state index in [9.17, 15) is 19.3 Å². The molecule has 1 aliphatic rings. The zero-order valence-corrected chi connectivity index (χ0v) is 19.5. The number of morpholine rings is 1. The topological polar surface area (TPSA) is 128 Å². The minimum atomic E-state index is -0.546. The van der Waals surface area contributed by atoms with E-state index < -0.39 is 10.8 Å². The summed E-state index contributed by atoms with van der Waals surface area (Å²) in [7, 11) is 0. The number of anilines is 2. The van der Waals surface area contributed by atoms with Crippen molar-refractivity contribution in [2.75, 3.05) is 23.3 Å². The van der Waals surface area contributed by atoms with Crippen molar-refractivity contribution < 1.29 is 18.8 Å². The Bertz CT molecular complexity index is 1410. The summed E-state index contributed by atoms with van der Waals surface area (Å²) >= 11 is 0.772. The largest absolute Gasteiger partial charge is 0.372 e. The number of hydrogen-bond donors (Lipinski definition) is 1. The standard InChI is InChI=1S/C22H20FN7O4S/c1-12-10-28(11-13(2)34-12)22-26-19(25-21(31)17-7-8-18(35-17)30(32)33)16-9-24-29(20(16)27-22)15-5-3-14(23)4-6-15/h3-9,12-13H,10-11H2,1-2H3,(H,25,26,27,31)/t12-,13+. The first-order valence-electron chi connectivity index (χ1n) is 10.8. The van der Waals surface area contributed by atoms with Gasteiger partial charge in [-0.25, -0.2) is 9.07 Å². The van der Waals surface area contributed by atoms with Crippen LogP contribution in [0.25, 0.3) is 16.7 Å². The van der Waals surface area contributed by atoms with Gasteiger partial charge in [-0.1, -0.05) is 11.3 Å². The molecule has 4 aromatic rings. The van der Waals surface area contributed by atoms with E-state index in [4.69, 9.17) is 9.72 Å². The normalized spacial score (nSPS) is 18.1. The Labute approximate surface area is 202 Å². The van der Waals surface area contributed by atoms with E-state index >= 15 is 0 Å². The average molecular weight is 498 g/mol. The molecule has 0 radical (unpaired) electrons. The zero-order valence-electron chi connectivity index (χ0n) is 18.7. The fourth-order valence-corrected chi connectivity index (χ4v) is 4.68. The van der Waals surface area contributed by atoms with Crippen LogP contribution in [-0.4, -0.2) is 55.9 Å². The van der Waals surface area contributed by atoms with Gasteiger partial charge < -0.3 is 15.0 Å². The monoisotopic (exact) mass is 497 g/mol. The number of hydrogen-bond acceptors (Lipinski definition) is 9. The van der Waals surface area contributed by atoms with Crippen LogP contribution in [0.4, 0.5) is 21.2 Å².